The third kappa shape index (κ3) is 2.89. The largest absolute Gasteiger partial charge is 0.443 e. The van der Waals surface area contributed by atoms with Gasteiger partial charge in [-0.1, -0.05) is 36.4 Å². The Morgan fingerprint density at radius 3 is 2.42 bits per heavy atom. The van der Waals surface area contributed by atoms with Gasteiger partial charge in [0.05, 0.1) is 11.6 Å². The van der Waals surface area contributed by atoms with E-state index in [9.17, 15) is 14.0 Å². The third-order valence-corrected chi connectivity index (χ3v) is 3.72. The van der Waals surface area contributed by atoms with E-state index < -0.39 is 29.3 Å². The van der Waals surface area contributed by atoms with Crippen LogP contribution in [0.25, 0.3) is 0 Å². The van der Waals surface area contributed by atoms with E-state index in [1.54, 1.807) is 26.8 Å². The van der Waals surface area contributed by atoms with Crippen LogP contribution in [0, 0.1) is 5.82 Å². The highest BCUT2D eigenvalue weighted by atomic mass is 19.1. The summed E-state index contributed by atoms with van der Waals surface area (Å²) in [6, 6.07) is 13.2. The van der Waals surface area contributed by atoms with Crippen molar-refractivity contribution < 1.29 is 18.7 Å². The Morgan fingerprint density at radius 1 is 1.12 bits per heavy atom. The van der Waals surface area contributed by atoms with Crippen molar-refractivity contribution in [1.29, 1.82) is 0 Å². The summed E-state index contributed by atoms with van der Waals surface area (Å²) in [6.45, 7) is 5.14. The smallest absolute Gasteiger partial charge is 0.421 e. The van der Waals surface area contributed by atoms with Crippen molar-refractivity contribution >= 4 is 17.7 Å². The summed E-state index contributed by atoms with van der Waals surface area (Å²) in [5.74, 6) is -1.59. The molecule has 0 aliphatic carbocycles. The minimum atomic E-state index is -0.794. The van der Waals surface area contributed by atoms with Crippen LogP contribution in [0.5, 0.6) is 0 Å². The van der Waals surface area contributed by atoms with Crippen molar-refractivity contribution in [1.82, 2.24) is 0 Å². The van der Waals surface area contributed by atoms with E-state index in [0.717, 1.165) is 10.5 Å². The maximum atomic E-state index is 13.7. The molecule has 1 aliphatic heterocycles. The van der Waals surface area contributed by atoms with E-state index in [1.807, 2.05) is 30.3 Å². The molecule has 1 atom stereocenters. The molecule has 2 aromatic carbocycles. The van der Waals surface area contributed by atoms with Crippen LogP contribution < -0.4 is 4.90 Å². The molecule has 0 aromatic heterocycles. The predicted octanol–water partition coefficient (Wildman–Crippen LogP) is 4.24. The van der Waals surface area contributed by atoms with Gasteiger partial charge < -0.3 is 4.74 Å². The fourth-order valence-corrected chi connectivity index (χ4v) is 2.80. The minimum Gasteiger partial charge on any atom is -0.443 e. The number of fused-ring (bicyclic) bond motifs is 1. The summed E-state index contributed by atoms with van der Waals surface area (Å²) in [7, 11) is 0. The fraction of sp³-hybridized carbons (Fsp3) is 0.263. The van der Waals surface area contributed by atoms with Crippen molar-refractivity contribution in [2.75, 3.05) is 4.90 Å². The molecule has 3 rings (SSSR count). The van der Waals surface area contributed by atoms with Crippen LogP contribution in [-0.2, 0) is 9.53 Å². The summed E-state index contributed by atoms with van der Waals surface area (Å²) in [4.78, 5) is 26.3. The normalized spacial score (nSPS) is 16.9. The number of benzene rings is 2. The van der Waals surface area contributed by atoms with Gasteiger partial charge in [-0.15, -0.1) is 0 Å². The average molecular weight is 327 g/mol. The Hall–Kier alpha value is -2.69. The van der Waals surface area contributed by atoms with Gasteiger partial charge in [-0.2, -0.15) is 0 Å². The van der Waals surface area contributed by atoms with Gasteiger partial charge in [0.1, 0.15) is 11.4 Å². The number of ether oxygens (including phenoxy) is 1. The van der Waals surface area contributed by atoms with Gasteiger partial charge in [0, 0.05) is 0 Å². The number of carbonyl (C=O) groups excluding carboxylic acids is 2. The monoisotopic (exact) mass is 327 g/mol. The van der Waals surface area contributed by atoms with E-state index in [1.165, 1.54) is 12.1 Å². The number of hydrogen-bond donors (Lipinski definition) is 0. The van der Waals surface area contributed by atoms with Crippen molar-refractivity contribution in [2.45, 2.75) is 32.3 Å². The first kappa shape index (κ1) is 16.2. The van der Waals surface area contributed by atoms with Gasteiger partial charge in [-0.05, 0) is 44.0 Å². The second-order valence-electron chi connectivity index (χ2n) is 6.70. The zero-order valence-corrected chi connectivity index (χ0v) is 13.7. The van der Waals surface area contributed by atoms with Gasteiger partial charge >= 0.3 is 6.09 Å². The molecule has 0 spiro atoms. The zero-order chi connectivity index (χ0) is 17.5. The Labute approximate surface area is 139 Å². The molecule has 1 heterocycles. The maximum absolute atomic E-state index is 13.7. The molecule has 2 amide bonds. The van der Waals surface area contributed by atoms with Gasteiger partial charge in [0.2, 0.25) is 5.91 Å². The quantitative estimate of drug-likeness (QED) is 0.787. The molecule has 1 unspecified atom stereocenters. The Balaban J connectivity index is 2.08. The molecule has 1 aliphatic rings. The average Bonchev–Trinajstić information content (AvgIpc) is 2.77. The van der Waals surface area contributed by atoms with Gasteiger partial charge in [-0.3, -0.25) is 4.79 Å². The predicted molar refractivity (Wildman–Crippen MR) is 88.4 cm³/mol. The lowest BCUT2D eigenvalue weighted by molar-refractivity contribution is -0.118. The first-order valence-corrected chi connectivity index (χ1v) is 7.69. The molecule has 24 heavy (non-hydrogen) atoms. The molecule has 0 radical (unpaired) electrons. The Kier molecular flexibility index (Phi) is 3.87. The van der Waals surface area contributed by atoms with Crippen molar-refractivity contribution in [3.8, 4) is 0 Å². The van der Waals surface area contributed by atoms with Crippen LogP contribution in [0.15, 0.2) is 48.5 Å². The van der Waals surface area contributed by atoms with Crippen LogP contribution in [0.4, 0.5) is 14.9 Å². The second-order valence-corrected chi connectivity index (χ2v) is 6.70. The highest BCUT2D eigenvalue weighted by Crippen LogP contribution is 2.42. The lowest BCUT2D eigenvalue weighted by Gasteiger charge is -2.24. The van der Waals surface area contributed by atoms with Gasteiger partial charge in [0.25, 0.3) is 0 Å². The van der Waals surface area contributed by atoms with Crippen LogP contribution in [-0.4, -0.2) is 17.6 Å². The molecule has 0 bridgehead atoms. The van der Waals surface area contributed by atoms with E-state index in [0.29, 0.717) is 5.56 Å². The maximum Gasteiger partial charge on any atom is 0.421 e. The topological polar surface area (TPSA) is 46.6 Å². The molecule has 0 fully saturated rings. The summed E-state index contributed by atoms with van der Waals surface area (Å²) in [5, 5.41) is 0. The Bertz CT molecular complexity index is 796. The van der Waals surface area contributed by atoms with E-state index in [2.05, 4.69) is 0 Å². The summed E-state index contributed by atoms with van der Waals surface area (Å²) >= 11 is 0. The number of nitrogens with zero attached hydrogens (tertiary/aromatic N) is 1. The first-order chi connectivity index (χ1) is 11.3. The molecule has 4 nitrogen and oxygen atoms in total. The third-order valence-electron chi connectivity index (χ3n) is 3.72. The molecule has 5 heteroatoms. The van der Waals surface area contributed by atoms with Crippen LogP contribution in [0.2, 0.25) is 0 Å². The standard InChI is InChI=1S/C19H18FNO3/c1-19(2,3)24-18(23)21-15-11-13(20)9-10-14(15)16(17(21)22)12-7-5-4-6-8-12/h4-11,16H,1-3H3. The van der Waals surface area contributed by atoms with Crippen LogP contribution in [0.3, 0.4) is 0 Å². The minimum absolute atomic E-state index is 0.239. The lowest BCUT2D eigenvalue weighted by atomic mass is 9.93. The SMILES string of the molecule is CC(C)(C)OC(=O)N1C(=O)C(c2ccccc2)c2ccc(F)cc21. The molecule has 2 aromatic rings. The summed E-state index contributed by atoms with van der Waals surface area (Å²) < 4.78 is 19.0. The van der Waals surface area contributed by atoms with Crippen molar-refractivity contribution in [2.24, 2.45) is 0 Å². The lowest BCUT2D eigenvalue weighted by Crippen LogP contribution is -2.39. The van der Waals surface area contributed by atoms with Crippen LogP contribution in [0.1, 0.15) is 37.8 Å². The number of rotatable bonds is 1. The van der Waals surface area contributed by atoms with E-state index >= 15 is 0 Å². The molecule has 0 saturated heterocycles. The second kappa shape index (κ2) is 5.74. The molecule has 124 valence electrons. The van der Waals surface area contributed by atoms with Gasteiger partial charge in [0.15, 0.2) is 0 Å². The van der Waals surface area contributed by atoms with Gasteiger partial charge in [-0.25, -0.2) is 14.1 Å². The van der Waals surface area contributed by atoms with Crippen LogP contribution >= 0.6 is 0 Å². The summed E-state index contributed by atoms with van der Waals surface area (Å²) in [6.07, 6.45) is -0.794. The Morgan fingerprint density at radius 2 is 1.79 bits per heavy atom. The molecular weight excluding hydrogens is 309 g/mol. The molecule has 0 N–H and O–H groups in total. The fourth-order valence-electron chi connectivity index (χ4n) is 2.80. The number of imide groups is 1. The highest BCUT2D eigenvalue weighted by molar-refractivity contribution is 6.20. The van der Waals surface area contributed by atoms with E-state index in [-0.39, 0.29) is 5.69 Å². The number of halogens is 1. The number of carbonyl (C=O) groups is 2. The number of anilines is 1. The van der Waals surface area contributed by atoms with Crippen molar-refractivity contribution in [3.63, 3.8) is 0 Å². The number of amides is 2. The highest BCUT2D eigenvalue weighted by Gasteiger charge is 2.43. The molecule has 0 saturated carbocycles. The van der Waals surface area contributed by atoms with E-state index in [4.69, 9.17) is 4.74 Å². The first-order valence-electron chi connectivity index (χ1n) is 7.69. The molecular formula is C19H18FNO3. The zero-order valence-electron chi connectivity index (χ0n) is 13.7. The summed E-state index contributed by atoms with van der Waals surface area (Å²) in [5.41, 5.74) is 0.832. The van der Waals surface area contributed by atoms with Crippen molar-refractivity contribution in [3.05, 3.63) is 65.5 Å². The number of hydrogen-bond acceptors (Lipinski definition) is 3.